The summed E-state index contributed by atoms with van der Waals surface area (Å²) in [5, 5.41) is 16.4. The van der Waals surface area contributed by atoms with E-state index in [-0.39, 0.29) is 6.54 Å². The zero-order chi connectivity index (χ0) is 13.0. The number of hydrogen-bond acceptors (Lipinski definition) is 6. The highest BCUT2D eigenvalue weighted by Gasteiger charge is 2.08. The Hall–Kier alpha value is -1.91. The van der Waals surface area contributed by atoms with Crippen molar-refractivity contribution in [2.45, 2.75) is 17.5 Å². The van der Waals surface area contributed by atoms with Crippen LogP contribution in [0.3, 0.4) is 0 Å². The third-order valence-corrected chi connectivity index (χ3v) is 3.02. The van der Waals surface area contributed by atoms with E-state index in [1.54, 1.807) is 12.1 Å². The van der Waals surface area contributed by atoms with E-state index in [4.69, 9.17) is 15.4 Å². The smallest absolute Gasteiger partial charge is 0.276 e. The van der Waals surface area contributed by atoms with Crippen LogP contribution < -0.4 is 5.73 Å². The lowest BCUT2D eigenvalue weighted by molar-refractivity contribution is 0.414. The Balaban J connectivity index is 2.04. The lowest BCUT2D eigenvalue weighted by Crippen LogP contribution is -1.95. The normalized spacial score (nSPS) is 10.3. The first-order valence-electron chi connectivity index (χ1n) is 5.06. The van der Waals surface area contributed by atoms with Gasteiger partial charge in [0, 0.05) is 5.75 Å². The van der Waals surface area contributed by atoms with Gasteiger partial charge in [-0.1, -0.05) is 17.8 Å². The van der Waals surface area contributed by atoms with E-state index in [0.29, 0.717) is 28.0 Å². The summed E-state index contributed by atoms with van der Waals surface area (Å²) >= 11 is 1.22. The minimum atomic E-state index is -0.417. The van der Waals surface area contributed by atoms with Crippen molar-refractivity contribution >= 4 is 11.8 Å². The third kappa shape index (κ3) is 2.85. The summed E-state index contributed by atoms with van der Waals surface area (Å²) in [6.45, 7) is 0.179. The van der Waals surface area contributed by atoms with Crippen molar-refractivity contribution in [2.75, 3.05) is 0 Å². The molecule has 0 spiro atoms. The van der Waals surface area contributed by atoms with Crippen LogP contribution in [-0.2, 0) is 12.3 Å². The standard InChI is InChI=1S/C11H9FN4OS/c12-9-3-7(4-13)1-2-8(9)6-18-11-16-15-10(5-14)17-11/h1-3H,5-6,14H2. The maximum absolute atomic E-state index is 13.6. The quantitative estimate of drug-likeness (QED) is 0.847. The predicted molar refractivity (Wildman–Crippen MR) is 62.9 cm³/mol. The summed E-state index contributed by atoms with van der Waals surface area (Å²) in [5.41, 5.74) is 6.10. The molecule has 0 aliphatic carbocycles. The number of nitriles is 1. The molecule has 0 atom stereocenters. The van der Waals surface area contributed by atoms with Crippen LogP contribution in [0.1, 0.15) is 17.0 Å². The minimum absolute atomic E-state index is 0.179. The van der Waals surface area contributed by atoms with Crippen molar-refractivity contribution in [1.82, 2.24) is 10.2 Å². The maximum Gasteiger partial charge on any atom is 0.276 e. The van der Waals surface area contributed by atoms with Gasteiger partial charge in [0.25, 0.3) is 5.22 Å². The monoisotopic (exact) mass is 264 g/mol. The fraction of sp³-hybridized carbons (Fsp3) is 0.182. The summed E-state index contributed by atoms with van der Waals surface area (Å²) < 4.78 is 18.7. The fourth-order valence-electron chi connectivity index (χ4n) is 1.25. The van der Waals surface area contributed by atoms with Gasteiger partial charge in [-0.2, -0.15) is 5.26 Å². The molecule has 0 bridgehead atoms. The van der Waals surface area contributed by atoms with E-state index in [9.17, 15) is 4.39 Å². The Bertz CT molecular complexity index is 593. The molecule has 0 saturated heterocycles. The molecule has 18 heavy (non-hydrogen) atoms. The van der Waals surface area contributed by atoms with E-state index < -0.39 is 5.82 Å². The summed E-state index contributed by atoms with van der Waals surface area (Å²) in [4.78, 5) is 0. The highest BCUT2D eigenvalue weighted by molar-refractivity contribution is 7.98. The van der Waals surface area contributed by atoms with Gasteiger partial charge in [0.1, 0.15) is 5.82 Å². The van der Waals surface area contributed by atoms with Crippen molar-refractivity contribution in [3.05, 3.63) is 41.0 Å². The van der Waals surface area contributed by atoms with Gasteiger partial charge in [-0.25, -0.2) is 4.39 Å². The zero-order valence-electron chi connectivity index (χ0n) is 9.26. The third-order valence-electron chi connectivity index (χ3n) is 2.16. The van der Waals surface area contributed by atoms with Gasteiger partial charge in [-0.15, -0.1) is 10.2 Å². The second-order valence-corrected chi connectivity index (χ2v) is 4.30. The van der Waals surface area contributed by atoms with Crippen LogP contribution in [0.25, 0.3) is 0 Å². The Morgan fingerprint density at radius 2 is 2.28 bits per heavy atom. The van der Waals surface area contributed by atoms with E-state index in [2.05, 4.69) is 10.2 Å². The molecule has 0 saturated carbocycles. The number of nitrogens with zero attached hydrogens (tertiary/aromatic N) is 3. The van der Waals surface area contributed by atoms with E-state index in [0.717, 1.165) is 0 Å². The Labute approximate surface area is 107 Å². The van der Waals surface area contributed by atoms with Crippen LogP contribution in [0.2, 0.25) is 0 Å². The zero-order valence-corrected chi connectivity index (χ0v) is 10.1. The average molecular weight is 264 g/mol. The molecule has 92 valence electrons. The molecular weight excluding hydrogens is 255 g/mol. The van der Waals surface area contributed by atoms with Crippen LogP contribution in [-0.4, -0.2) is 10.2 Å². The van der Waals surface area contributed by atoms with Crippen LogP contribution in [0.4, 0.5) is 4.39 Å². The molecule has 2 aromatic rings. The molecule has 1 aromatic heterocycles. The van der Waals surface area contributed by atoms with Crippen molar-refractivity contribution in [3.63, 3.8) is 0 Å². The van der Waals surface area contributed by atoms with Crippen LogP contribution in [0, 0.1) is 17.1 Å². The number of rotatable bonds is 4. The molecule has 0 unspecified atom stereocenters. The molecule has 2 rings (SSSR count). The molecule has 1 aromatic carbocycles. The van der Waals surface area contributed by atoms with Crippen LogP contribution in [0.5, 0.6) is 0 Å². The van der Waals surface area contributed by atoms with Crippen molar-refractivity contribution in [3.8, 4) is 6.07 Å². The number of nitrogens with two attached hydrogens (primary N) is 1. The molecule has 0 radical (unpaired) electrons. The second kappa shape index (κ2) is 5.62. The summed E-state index contributed by atoms with van der Waals surface area (Å²) in [5.74, 6) is 0.280. The molecule has 0 aliphatic heterocycles. The topological polar surface area (TPSA) is 88.7 Å². The highest BCUT2D eigenvalue weighted by Crippen LogP contribution is 2.23. The van der Waals surface area contributed by atoms with Gasteiger partial charge in [0.2, 0.25) is 5.89 Å². The first-order valence-corrected chi connectivity index (χ1v) is 6.05. The fourth-order valence-corrected chi connectivity index (χ4v) is 2.02. The van der Waals surface area contributed by atoms with Crippen molar-refractivity contribution in [2.24, 2.45) is 5.73 Å². The predicted octanol–water partition coefficient (Wildman–Crippen LogP) is 1.83. The SMILES string of the molecule is N#Cc1ccc(CSc2nnc(CN)o2)c(F)c1. The molecular formula is C11H9FN4OS. The second-order valence-electron chi connectivity index (χ2n) is 3.37. The van der Waals surface area contributed by atoms with Gasteiger partial charge < -0.3 is 10.2 Å². The first-order chi connectivity index (χ1) is 8.72. The molecule has 7 heteroatoms. The number of hydrogen-bond donors (Lipinski definition) is 1. The van der Waals surface area contributed by atoms with Gasteiger partial charge >= 0.3 is 0 Å². The Morgan fingerprint density at radius 1 is 1.44 bits per heavy atom. The van der Waals surface area contributed by atoms with Gasteiger partial charge in [0.05, 0.1) is 18.2 Å². The van der Waals surface area contributed by atoms with Gasteiger partial charge in [-0.05, 0) is 17.7 Å². The summed E-state index contributed by atoms with van der Waals surface area (Å²) in [6, 6.07) is 6.22. The molecule has 2 N–H and O–H groups in total. The first kappa shape index (κ1) is 12.5. The van der Waals surface area contributed by atoms with Crippen LogP contribution >= 0.6 is 11.8 Å². The maximum atomic E-state index is 13.6. The van der Waals surface area contributed by atoms with Gasteiger partial charge in [0.15, 0.2) is 0 Å². The van der Waals surface area contributed by atoms with Crippen molar-refractivity contribution < 1.29 is 8.81 Å². The van der Waals surface area contributed by atoms with Crippen molar-refractivity contribution in [1.29, 1.82) is 5.26 Å². The highest BCUT2D eigenvalue weighted by atomic mass is 32.2. The van der Waals surface area contributed by atoms with E-state index >= 15 is 0 Å². The number of thioether (sulfide) groups is 1. The number of halogens is 1. The molecule has 0 amide bonds. The molecule has 0 aliphatic rings. The number of benzene rings is 1. The Morgan fingerprint density at radius 3 is 2.89 bits per heavy atom. The van der Waals surface area contributed by atoms with Gasteiger partial charge in [-0.3, -0.25) is 0 Å². The van der Waals surface area contributed by atoms with Crippen LogP contribution in [0.15, 0.2) is 27.8 Å². The molecule has 5 nitrogen and oxygen atoms in total. The number of aromatic nitrogens is 2. The molecule has 0 fully saturated rings. The summed E-state index contributed by atoms with van der Waals surface area (Å²) in [7, 11) is 0. The minimum Gasteiger partial charge on any atom is -0.415 e. The average Bonchev–Trinajstić information content (AvgIpc) is 2.85. The Kier molecular flexibility index (Phi) is 3.92. The summed E-state index contributed by atoms with van der Waals surface area (Å²) in [6.07, 6.45) is 0. The lowest BCUT2D eigenvalue weighted by Gasteiger charge is -2.00. The lowest BCUT2D eigenvalue weighted by atomic mass is 10.1. The van der Waals surface area contributed by atoms with E-state index in [1.807, 2.05) is 6.07 Å². The molecule has 1 heterocycles. The largest absolute Gasteiger partial charge is 0.415 e. The van der Waals surface area contributed by atoms with E-state index in [1.165, 1.54) is 17.8 Å².